The quantitative estimate of drug-likeness (QED) is 0.777. The number of rotatable bonds is 2. The number of carbonyl (C=O) groups is 1. The minimum Gasteiger partial charge on any atom is -0.390 e. The van der Waals surface area contributed by atoms with E-state index >= 15 is 0 Å². The van der Waals surface area contributed by atoms with Gasteiger partial charge in [-0.15, -0.1) is 0 Å². The first-order valence-electron chi connectivity index (χ1n) is 7.21. The average molecular weight is 254 g/mol. The topological polar surface area (TPSA) is 52.6 Å². The average Bonchev–Trinajstić information content (AvgIpc) is 2.32. The van der Waals surface area contributed by atoms with Crippen molar-refractivity contribution in [1.82, 2.24) is 10.2 Å². The summed E-state index contributed by atoms with van der Waals surface area (Å²) in [7, 11) is 0. The minimum atomic E-state index is -0.576. The third kappa shape index (κ3) is 3.45. The molecule has 0 saturated carbocycles. The fourth-order valence-electron chi connectivity index (χ4n) is 2.94. The molecule has 2 atom stereocenters. The normalized spacial score (nSPS) is 32.3. The van der Waals surface area contributed by atoms with Crippen LogP contribution >= 0.6 is 0 Å². The van der Waals surface area contributed by atoms with Crippen molar-refractivity contribution in [3.8, 4) is 0 Å². The van der Waals surface area contributed by atoms with E-state index in [1.54, 1.807) is 0 Å². The Morgan fingerprint density at radius 2 is 2.11 bits per heavy atom. The van der Waals surface area contributed by atoms with E-state index in [4.69, 9.17) is 0 Å². The predicted octanol–water partition coefficient (Wildman–Crippen LogP) is 1.14. The Bertz CT molecular complexity index is 294. The molecular formula is C14H26N2O2. The highest BCUT2D eigenvalue weighted by Gasteiger charge is 2.31. The number of piperidine rings is 2. The molecule has 0 aromatic heterocycles. The number of amides is 1. The summed E-state index contributed by atoms with van der Waals surface area (Å²) in [6.07, 6.45) is 4.46. The summed E-state index contributed by atoms with van der Waals surface area (Å²) in [5, 5.41) is 13.3. The second-order valence-electron chi connectivity index (χ2n) is 6.26. The van der Waals surface area contributed by atoms with E-state index in [1.165, 1.54) is 12.8 Å². The largest absolute Gasteiger partial charge is 0.390 e. The Hall–Kier alpha value is -0.610. The van der Waals surface area contributed by atoms with Gasteiger partial charge in [0, 0.05) is 25.6 Å². The summed E-state index contributed by atoms with van der Waals surface area (Å²) >= 11 is 0. The molecule has 2 aliphatic rings. The van der Waals surface area contributed by atoms with Gasteiger partial charge in [-0.2, -0.15) is 0 Å². The van der Waals surface area contributed by atoms with Crippen molar-refractivity contribution >= 4 is 5.91 Å². The lowest BCUT2D eigenvalue weighted by molar-refractivity contribution is -0.135. The van der Waals surface area contributed by atoms with E-state index in [0.29, 0.717) is 44.3 Å². The second-order valence-corrected chi connectivity index (χ2v) is 6.26. The first-order chi connectivity index (χ1) is 8.48. The molecule has 0 aliphatic carbocycles. The predicted molar refractivity (Wildman–Crippen MR) is 71.2 cm³/mol. The molecule has 18 heavy (non-hydrogen) atoms. The van der Waals surface area contributed by atoms with Crippen molar-refractivity contribution < 1.29 is 9.90 Å². The zero-order valence-corrected chi connectivity index (χ0v) is 11.6. The Kier molecular flexibility index (Phi) is 4.28. The van der Waals surface area contributed by atoms with Crippen molar-refractivity contribution in [2.75, 3.05) is 19.6 Å². The molecule has 0 bridgehead atoms. The van der Waals surface area contributed by atoms with Crippen LogP contribution in [0.25, 0.3) is 0 Å². The third-order valence-corrected chi connectivity index (χ3v) is 4.52. The molecule has 4 heteroatoms. The van der Waals surface area contributed by atoms with Crippen LogP contribution < -0.4 is 5.32 Å². The molecule has 0 spiro atoms. The van der Waals surface area contributed by atoms with E-state index in [-0.39, 0.29) is 5.91 Å². The van der Waals surface area contributed by atoms with Gasteiger partial charge in [0.15, 0.2) is 0 Å². The van der Waals surface area contributed by atoms with Crippen LogP contribution in [-0.4, -0.2) is 47.2 Å². The smallest absolute Gasteiger partial charge is 0.224 e. The molecule has 2 heterocycles. The van der Waals surface area contributed by atoms with E-state index in [0.717, 1.165) is 6.54 Å². The summed E-state index contributed by atoms with van der Waals surface area (Å²) in [6, 6.07) is 0.341. The van der Waals surface area contributed by atoms with E-state index < -0.39 is 5.60 Å². The van der Waals surface area contributed by atoms with Crippen LogP contribution in [0.3, 0.4) is 0 Å². The molecule has 2 N–H and O–H groups in total. The van der Waals surface area contributed by atoms with Gasteiger partial charge in [-0.3, -0.25) is 4.79 Å². The summed E-state index contributed by atoms with van der Waals surface area (Å²) in [5.74, 6) is 0.840. The monoisotopic (exact) mass is 254 g/mol. The SMILES string of the molecule is CC1CCCNC1CC(=O)N1CCC(C)(O)CC1. The first-order valence-corrected chi connectivity index (χ1v) is 7.21. The summed E-state index contributed by atoms with van der Waals surface area (Å²) in [4.78, 5) is 14.1. The molecule has 2 rings (SSSR count). The standard InChI is InChI=1S/C14H26N2O2/c1-11-4-3-7-15-12(11)10-13(17)16-8-5-14(2,18)6-9-16/h11-12,15,18H,3-10H2,1-2H3. The first kappa shape index (κ1) is 13.8. The van der Waals surface area contributed by atoms with Gasteiger partial charge in [0.1, 0.15) is 0 Å². The van der Waals surface area contributed by atoms with Gasteiger partial charge in [-0.1, -0.05) is 6.92 Å². The molecule has 4 nitrogen and oxygen atoms in total. The van der Waals surface area contributed by atoms with Crippen molar-refractivity contribution in [3.63, 3.8) is 0 Å². The van der Waals surface area contributed by atoms with Crippen LogP contribution in [0.1, 0.15) is 46.0 Å². The summed E-state index contributed by atoms with van der Waals surface area (Å²) < 4.78 is 0. The second kappa shape index (κ2) is 5.57. The van der Waals surface area contributed by atoms with E-state index in [1.807, 2.05) is 11.8 Å². The Morgan fingerprint density at radius 3 is 2.72 bits per heavy atom. The van der Waals surface area contributed by atoms with Gasteiger partial charge in [0.05, 0.1) is 5.60 Å². The van der Waals surface area contributed by atoms with Gasteiger partial charge in [-0.05, 0) is 45.1 Å². The molecule has 2 fully saturated rings. The minimum absolute atomic E-state index is 0.247. The maximum absolute atomic E-state index is 12.2. The lowest BCUT2D eigenvalue weighted by atomic mass is 9.89. The van der Waals surface area contributed by atoms with Crippen LogP contribution in [0.4, 0.5) is 0 Å². The van der Waals surface area contributed by atoms with Crippen LogP contribution in [0, 0.1) is 5.92 Å². The lowest BCUT2D eigenvalue weighted by Crippen LogP contribution is -2.48. The van der Waals surface area contributed by atoms with Crippen LogP contribution in [0.15, 0.2) is 0 Å². The zero-order chi connectivity index (χ0) is 13.2. The lowest BCUT2D eigenvalue weighted by Gasteiger charge is -2.37. The fraction of sp³-hybridized carbons (Fsp3) is 0.929. The van der Waals surface area contributed by atoms with E-state index in [2.05, 4.69) is 12.2 Å². The fourth-order valence-corrected chi connectivity index (χ4v) is 2.94. The highest BCUT2D eigenvalue weighted by Crippen LogP contribution is 2.23. The molecule has 2 saturated heterocycles. The third-order valence-electron chi connectivity index (χ3n) is 4.52. The van der Waals surface area contributed by atoms with Crippen molar-refractivity contribution in [3.05, 3.63) is 0 Å². The molecule has 0 aromatic carbocycles. The molecule has 0 aromatic rings. The number of aliphatic hydroxyl groups is 1. The Labute approximate surface area is 110 Å². The Morgan fingerprint density at radius 1 is 1.44 bits per heavy atom. The van der Waals surface area contributed by atoms with Gasteiger partial charge in [-0.25, -0.2) is 0 Å². The van der Waals surface area contributed by atoms with Gasteiger partial charge in [0.2, 0.25) is 5.91 Å². The molecule has 2 aliphatic heterocycles. The molecule has 104 valence electrons. The number of hydrogen-bond donors (Lipinski definition) is 2. The maximum atomic E-state index is 12.2. The zero-order valence-electron chi connectivity index (χ0n) is 11.6. The van der Waals surface area contributed by atoms with Crippen molar-refractivity contribution in [2.24, 2.45) is 5.92 Å². The van der Waals surface area contributed by atoms with Crippen LogP contribution in [-0.2, 0) is 4.79 Å². The van der Waals surface area contributed by atoms with E-state index in [9.17, 15) is 9.90 Å². The summed E-state index contributed by atoms with van der Waals surface area (Å²) in [5.41, 5.74) is -0.576. The van der Waals surface area contributed by atoms with Crippen LogP contribution in [0.5, 0.6) is 0 Å². The van der Waals surface area contributed by atoms with Crippen LogP contribution in [0.2, 0.25) is 0 Å². The maximum Gasteiger partial charge on any atom is 0.224 e. The van der Waals surface area contributed by atoms with Gasteiger partial charge < -0.3 is 15.3 Å². The van der Waals surface area contributed by atoms with Crippen molar-refractivity contribution in [2.45, 2.75) is 57.6 Å². The van der Waals surface area contributed by atoms with Crippen molar-refractivity contribution in [1.29, 1.82) is 0 Å². The molecular weight excluding hydrogens is 228 g/mol. The van der Waals surface area contributed by atoms with Gasteiger partial charge in [0.25, 0.3) is 0 Å². The number of nitrogens with zero attached hydrogens (tertiary/aromatic N) is 1. The number of carbonyl (C=O) groups excluding carboxylic acids is 1. The highest BCUT2D eigenvalue weighted by atomic mass is 16.3. The summed E-state index contributed by atoms with van der Waals surface area (Å²) in [6.45, 7) is 6.53. The molecule has 1 amide bonds. The molecule has 2 unspecified atom stereocenters. The van der Waals surface area contributed by atoms with Gasteiger partial charge >= 0.3 is 0 Å². The Balaban J connectivity index is 1.81. The molecule has 0 radical (unpaired) electrons. The number of hydrogen-bond acceptors (Lipinski definition) is 3. The number of nitrogens with one attached hydrogen (secondary N) is 1. The highest BCUT2D eigenvalue weighted by molar-refractivity contribution is 5.77. The number of likely N-dealkylation sites (tertiary alicyclic amines) is 1.